The van der Waals surface area contributed by atoms with Gasteiger partial charge in [0.1, 0.15) is 12.2 Å². The number of carbonyl (C=O) groups is 3. The lowest BCUT2D eigenvalue weighted by Gasteiger charge is -2.21. The van der Waals surface area contributed by atoms with Crippen molar-refractivity contribution in [1.82, 2.24) is 9.88 Å². The number of aryl methyl sites for hydroxylation is 1. The van der Waals surface area contributed by atoms with Crippen LogP contribution < -0.4 is 5.32 Å². The monoisotopic (exact) mass is 439 g/mol. The zero-order valence-electron chi connectivity index (χ0n) is 17.7. The van der Waals surface area contributed by atoms with Gasteiger partial charge in [0.15, 0.2) is 17.5 Å². The lowest BCUT2D eigenvalue weighted by Crippen LogP contribution is -2.39. The number of aromatic amines is 1. The van der Waals surface area contributed by atoms with Gasteiger partial charge in [-0.05, 0) is 37.5 Å². The molecule has 0 aliphatic heterocycles. The van der Waals surface area contributed by atoms with Gasteiger partial charge in [0.2, 0.25) is 5.91 Å². The number of benzene rings is 1. The number of rotatable bonds is 8. The Morgan fingerprint density at radius 2 is 1.81 bits per heavy atom. The summed E-state index contributed by atoms with van der Waals surface area (Å²) in [4.78, 5) is 41.7. The van der Waals surface area contributed by atoms with Gasteiger partial charge in [0.25, 0.3) is 5.91 Å². The minimum absolute atomic E-state index is 0.137. The maximum absolute atomic E-state index is 13.8. The molecule has 1 aromatic carbocycles. The SMILES string of the molecule is CCCN(CC(=O)Nc1ccc(F)c(F)c1F)C(=O)c1[nH]c(CC)c(C(=O)OC)c1C. The molecule has 1 aromatic heterocycles. The molecule has 0 saturated carbocycles. The van der Waals surface area contributed by atoms with Crippen LogP contribution in [-0.4, -0.2) is 47.9 Å². The maximum atomic E-state index is 13.8. The predicted octanol–water partition coefficient (Wildman–Crippen LogP) is 3.58. The number of nitrogens with one attached hydrogen (secondary N) is 2. The van der Waals surface area contributed by atoms with Crippen molar-refractivity contribution in [1.29, 1.82) is 0 Å². The third-order valence-electron chi connectivity index (χ3n) is 4.71. The molecule has 0 saturated heterocycles. The number of hydrogen-bond acceptors (Lipinski definition) is 4. The minimum atomic E-state index is -1.70. The molecule has 0 radical (unpaired) electrons. The number of H-pyrrole nitrogens is 1. The molecule has 0 atom stereocenters. The molecule has 7 nitrogen and oxygen atoms in total. The number of amides is 2. The molecule has 10 heteroatoms. The normalized spacial score (nSPS) is 10.7. The molecule has 0 unspecified atom stereocenters. The van der Waals surface area contributed by atoms with Gasteiger partial charge in [0.05, 0.1) is 18.4 Å². The highest BCUT2D eigenvalue weighted by Gasteiger charge is 2.27. The van der Waals surface area contributed by atoms with E-state index in [4.69, 9.17) is 4.74 Å². The van der Waals surface area contributed by atoms with Crippen molar-refractivity contribution in [3.05, 3.63) is 52.1 Å². The summed E-state index contributed by atoms with van der Waals surface area (Å²) in [6.07, 6.45) is 0.963. The second-order valence-corrected chi connectivity index (χ2v) is 6.82. The summed E-state index contributed by atoms with van der Waals surface area (Å²) in [6.45, 7) is 4.93. The van der Waals surface area contributed by atoms with Crippen molar-refractivity contribution in [2.45, 2.75) is 33.6 Å². The van der Waals surface area contributed by atoms with E-state index in [0.29, 0.717) is 30.2 Å². The number of carbonyl (C=O) groups excluding carboxylic acids is 3. The number of anilines is 1. The largest absolute Gasteiger partial charge is 0.465 e. The Bertz CT molecular complexity index is 1000. The summed E-state index contributed by atoms with van der Waals surface area (Å²) in [5.41, 5.74) is 0.778. The lowest BCUT2D eigenvalue weighted by molar-refractivity contribution is -0.116. The average Bonchev–Trinajstić information content (AvgIpc) is 3.09. The first kappa shape index (κ1) is 24.0. The van der Waals surface area contributed by atoms with Crippen molar-refractivity contribution in [3.8, 4) is 0 Å². The van der Waals surface area contributed by atoms with Gasteiger partial charge in [-0.25, -0.2) is 18.0 Å². The van der Waals surface area contributed by atoms with Crippen molar-refractivity contribution in [2.24, 2.45) is 0 Å². The second-order valence-electron chi connectivity index (χ2n) is 6.82. The van der Waals surface area contributed by atoms with Gasteiger partial charge in [-0.1, -0.05) is 13.8 Å². The van der Waals surface area contributed by atoms with Crippen LogP contribution in [0.5, 0.6) is 0 Å². The zero-order valence-corrected chi connectivity index (χ0v) is 17.7. The van der Waals surface area contributed by atoms with E-state index in [9.17, 15) is 27.6 Å². The number of halogens is 3. The third kappa shape index (κ3) is 5.07. The number of ether oxygens (including phenoxy) is 1. The molecule has 0 fully saturated rings. The Kier molecular flexibility index (Phi) is 7.84. The van der Waals surface area contributed by atoms with Gasteiger partial charge in [-0.15, -0.1) is 0 Å². The standard InChI is InChI=1S/C21H24F3N3O4/c1-5-9-27(10-15(28)25-14-8-7-12(22)17(23)18(14)24)20(29)19-11(3)16(21(30)31-4)13(6-2)26-19/h7-8,26H,5-6,9-10H2,1-4H3,(H,25,28). The van der Waals surface area contributed by atoms with Crippen molar-refractivity contribution in [3.63, 3.8) is 0 Å². The van der Waals surface area contributed by atoms with E-state index in [2.05, 4.69) is 10.3 Å². The molecular weight excluding hydrogens is 415 g/mol. The summed E-state index contributed by atoms with van der Waals surface area (Å²) in [5.74, 6) is -6.53. The molecule has 0 aliphatic rings. The predicted molar refractivity (Wildman–Crippen MR) is 107 cm³/mol. The molecule has 2 N–H and O–H groups in total. The van der Waals surface area contributed by atoms with Crippen molar-refractivity contribution in [2.75, 3.05) is 25.5 Å². The molecule has 0 bridgehead atoms. The number of methoxy groups -OCH3 is 1. The van der Waals surface area contributed by atoms with Crippen LogP contribution in [0.3, 0.4) is 0 Å². The molecule has 2 amide bonds. The Labute approximate surface area is 177 Å². The molecule has 168 valence electrons. The quantitative estimate of drug-likeness (QED) is 0.486. The lowest BCUT2D eigenvalue weighted by atomic mass is 10.1. The minimum Gasteiger partial charge on any atom is -0.465 e. The first-order valence-electron chi connectivity index (χ1n) is 9.68. The summed E-state index contributed by atoms with van der Waals surface area (Å²) in [5, 5.41) is 2.14. The fraction of sp³-hybridized carbons (Fsp3) is 0.381. The fourth-order valence-corrected chi connectivity index (χ4v) is 3.18. The van der Waals surface area contributed by atoms with Gasteiger partial charge < -0.3 is 19.9 Å². The zero-order chi connectivity index (χ0) is 23.3. The smallest absolute Gasteiger partial charge is 0.339 e. The highest BCUT2D eigenvalue weighted by molar-refractivity contribution is 6.02. The Balaban J connectivity index is 2.27. The number of hydrogen-bond donors (Lipinski definition) is 2. The van der Waals surface area contributed by atoms with E-state index in [0.717, 1.165) is 6.07 Å². The number of aromatic nitrogens is 1. The number of nitrogens with zero attached hydrogens (tertiary/aromatic N) is 1. The molecule has 2 rings (SSSR count). The number of esters is 1. The topological polar surface area (TPSA) is 91.5 Å². The van der Waals surface area contributed by atoms with Crippen LogP contribution in [-0.2, 0) is 16.0 Å². The van der Waals surface area contributed by atoms with Gasteiger partial charge in [-0.2, -0.15) is 0 Å². The van der Waals surface area contributed by atoms with Gasteiger partial charge in [-0.3, -0.25) is 9.59 Å². The highest BCUT2D eigenvalue weighted by atomic mass is 19.2. The summed E-state index contributed by atoms with van der Waals surface area (Å²) >= 11 is 0. The Hall–Kier alpha value is -3.30. The summed E-state index contributed by atoms with van der Waals surface area (Å²) in [6, 6.07) is 1.58. The summed E-state index contributed by atoms with van der Waals surface area (Å²) < 4.78 is 45.0. The Morgan fingerprint density at radius 1 is 1.13 bits per heavy atom. The molecular formula is C21H24F3N3O4. The summed E-state index contributed by atoms with van der Waals surface area (Å²) in [7, 11) is 1.24. The maximum Gasteiger partial charge on any atom is 0.339 e. The van der Waals surface area contributed by atoms with Gasteiger partial charge >= 0.3 is 5.97 Å². The van der Waals surface area contributed by atoms with Crippen LogP contribution in [0.15, 0.2) is 12.1 Å². The van der Waals surface area contributed by atoms with Crippen LogP contribution in [0.2, 0.25) is 0 Å². The van der Waals surface area contributed by atoms with E-state index < -0.39 is 47.5 Å². The van der Waals surface area contributed by atoms with Crippen LogP contribution in [0.4, 0.5) is 18.9 Å². The Morgan fingerprint density at radius 3 is 2.39 bits per heavy atom. The molecule has 1 heterocycles. The first-order valence-corrected chi connectivity index (χ1v) is 9.68. The highest BCUT2D eigenvalue weighted by Crippen LogP contribution is 2.22. The molecule has 0 aliphatic carbocycles. The molecule has 0 spiro atoms. The van der Waals surface area contributed by atoms with E-state index in [1.54, 1.807) is 20.8 Å². The van der Waals surface area contributed by atoms with Crippen molar-refractivity contribution >= 4 is 23.5 Å². The van der Waals surface area contributed by atoms with Crippen LogP contribution in [0.1, 0.15) is 52.4 Å². The van der Waals surface area contributed by atoms with E-state index in [1.807, 2.05) is 0 Å². The van der Waals surface area contributed by atoms with Crippen molar-refractivity contribution < 1.29 is 32.3 Å². The van der Waals surface area contributed by atoms with Crippen LogP contribution >= 0.6 is 0 Å². The fourth-order valence-electron chi connectivity index (χ4n) is 3.18. The second kappa shape index (κ2) is 10.1. The van der Waals surface area contributed by atoms with Crippen LogP contribution in [0, 0.1) is 24.4 Å². The van der Waals surface area contributed by atoms with Gasteiger partial charge in [0, 0.05) is 12.2 Å². The molecule has 2 aromatic rings. The first-order chi connectivity index (χ1) is 14.7. The third-order valence-corrected chi connectivity index (χ3v) is 4.71. The van der Waals surface area contributed by atoms with E-state index >= 15 is 0 Å². The average molecular weight is 439 g/mol. The van der Waals surface area contributed by atoms with Crippen LogP contribution in [0.25, 0.3) is 0 Å². The van der Waals surface area contributed by atoms with E-state index in [-0.39, 0.29) is 17.8 Å². The van der Waals surface area contributed by atoms with E-state index in [1.165, 1.54) is 12.0 Å². The molecule has 31 heavy (non-hydrogen) atoms.